The molecule has 2 saturated carbocycles. The highest BCUT2D eigenvalue weighted by atomic mass is 19.1. The average Bonchev–Trinajstić information content (AvgIpc) is 3.06. The third-order valence-electron chi connectivity index (χ3n) is 5.68. The summed E-state index contributed by atoms with van der Waals surface area (Å²) < 4.78 is 15.6. The summed E-state index contributed by atoms with van der Waals surface area (Å²) in [7, 11) is 0. The molecule has 114 valence electrons. The second-order valence-corrected chi connectivity index (χ2v) is 6.97. The molecule has 1 aromatic rings. The number of halogens is 1. The van der Waals surface area contributed by atoms with E-state index in [1.165, 1.54) is 19.3 Å². The number of aliphatic hydroxyl groups is 1. The first-order valence-corrected chi connectivity index (χ1v) is 8.28. The minimum atomic E-state index is -0.685. The van der Waals surface area contributed by atoms with E-state index in [1.54, 1.807) is 6.33 Å². The Hall–Kier alpha value is -1.16. The summed E-state index contributed by atoms with van der Waals surface area (Å²) in [6.45, 7) is 0. The van der Waals surface area contributed by atoms with Gasteiger partial charge in [0, 0.05) is 24.0 Å². The number of hydrogen-bond acceptors (Lipinski definition) is 2. The molecule has 0 saturated heterocycles. The lowest BCUT2D eigenvalue weighted by Crippen LogP contribution is -2.36. The molecule has 3 nitrogen and oxygen atoms in total. The molecule has 2 fully saturated rings. The molecule has 2 aliphatic carbocycles. The zero-order valence-electron chi connectivity index (χ0n) is 12.2. The summed E-state index contributed by atoms with van der Waals surface area (Å²) in [5, 5.41) is 11.0. The van der Waals surface area contributed by atoms with Crippen molar-refractivity contribution in [3.8, 4) is 0 Å². The van der Waals surface area contributed by atoms with E-state index in [9.17, 15) is 9.50 Å². The Balaban J connectivity index is 1.63. The molecule has 0 spiro atoms. The van der Waals surface area contributed by atoms with Crippen LogP contribution < -0.4 is 0 Å². The molecule has 1 aromatic heterocycles. The van der Waals surface area contributed by atoms with Crippen molar-refractivity contribution >= 4 is 6.20 Å². The Kier molecular flexibility index (Phi) is 3.37. The van der Waals surface area contributed by atoms with Crippen molar-refractivity contribution in [1.29, 1.82) is 0 Å². The van der Waals surface area contributed by atoms with Gasteiger partial charge in [-0.1, -0.05) is 25.3 Å². The van der Waals surface area contributed by atoms with Gasteiger partial charge in [0.1, 0.15) is 6.17 Å². The fourth-order valence-electron chi connectivity index (χ4n) is 4.37. The Morgan fingerprint density at radius 2 is 2.05 bits per heavy atom. The zero-order chi connectivity index (χ0) is 14.4. The molecule has 0 aromatic carbocycles. The molecule has 4 rings (SSSR count). The molecular weight excluding hydrogens is 267 g/mol. The fraction of sp³-hybridized carbons (Fsp3) is 0.706. The van der Waals surface area contributed by atoms with Gasteiger partial charge in [-0.2, -0.15) is 0 Å². The third-order valence-corrected chi connectivity index (χ3v) is 5.68. The van der Waals surface area contributed by atoms with E-state index < -0.39 is 6.17 Å². The van der Waals surface area contributed by atoms with Crippen LogP contribution in [0, 0.1) is 17.8 Å². The molecule has 21 heavy (non-hydrogen) atoms. The molecule has 5 atom stereocenters. The lowest BCUT2D eigenvalue weighted by Gasteiger charge is -2.37. The van der Waals surface area contributed by atoms with Crippen LogP contribution in [0.25, 0.3) is 6.20 Å². The van der Waals surface area contributed by atoms with Crippen LogP contribution in [0.5, 0.6) is 0 Å². The maximum Gasteiger partial charge on any atom is 0.104 e. The van der Waals surface area contributed by atoms with Crippen molar-refractivity contribution < 1.29 is 9.50 Å². The largest absolute Gasteiger partial charge is 0.392 e. The average molecular weight is 290 g/mol. The maximum atomic E-state index is 13.6. The highest BCUT2D eigenvalue weighted by molar-refractivity contribution is 5.36. The van der Waals surface area contributed by atoms with Gasteiger partial charge in [0.2, 0.25) is 0 Å². The van der Waals surface area contributed by atoms with Gasteiger partial charge in [-0.05, 0) is 37.0 Å². The highest BCUT2D eigenvalue weighted by Gasteiger charge is 2.49. The molecular formula is C17H23FN2O. The van der Waals surface area contributed by atoms with Crippen LogP contribution in [0.15, 0.2) is 18.6 Å². The zero-order valence-corrected chi connectivity index (χ0v) is 12.2. The van der Waals surface area contributed by atoms with Gasteiger partial charge in [-0.15, -0.1) is 0 Å². The quantitative estimate of drug-likeness (QED) is 0.927. The summed E-state index contributed by atoms with van der Waals surface area (Å²) >= 11 is 0. The van der Waals surface area contributed by atoms with Crippen molar-refractivity contribution in [2.24, 2.45) is 17.8 Å². The summed E-state index contributed by atoms with van der Waals surface area (Å²) in [4.78, 5) is 4.22. The second kappa shape index (κ2) is 5.24. The van der Waals surface area contributed by atoms with E-state index in [0.717, 1.165) is 18.5 Å². The topological polar surface area (TPSA) is 38.1 Å². The monoisotopic (exact) mass is 290 g/mol. The number of fused-ring (bicyclic) bond motifs is 1. The van der Waals surface area contributed by atoms with E-state index in [2.05, 4.69) is 11.1 Å². The van der Waals surface area contributed by atoms with Crippen LogP contribution >= 0.6 is 0 Å². The molecule has 0 amide bonds. The molecule has 0 radical (unpaired) electrons. The highest BCUT2D eigenvalue weighted by Crippen LogP contribution is 2.51. The van der Waals surface area contributed by atoms with Crippen molar-refractivity contribution in [2.45, 2.75) is 56.7 Å². The first-order chi connectivity index (χ1) is 10.3. The van der Waals surface area contributed by atoms with Gasteiger partial charge in [-0.3, -0.25) is 0 Å². The van der Waals surface area contributed by atoms with Crippen molar-refractivity contribution in [1.82, 2.24) is 9.55 Å². The minimum Gasteiger partial charge on any atom is -0.392 e. The van der Waals surface area contributed by atoms with E-state index >= 15 is 0 Å². The van der Waals surface area contributed by atoms with E-state index in [1.807, 2.05) is 17.0 Å². The van der Waals surface area contributed by atoms with Crippen LogP contribution in [0.2, 0.25) is 0 Å². The first kappa shape index (κ1) is 13.5. The smallest absolute Gasteiger partial charge is 0.104 e. The second-order valence-electron chi connectivity index (χ2n) is 6.97. The van der Waals surface area contributed by atoms with Gasteiger partial charge in [0.05, 0.1) is 12.4 Å². The number of aromatic nitrogens is 2. The van der Waals surface area contributed by atoms with Crippen molar-refractivity contribution in [3.63, 3.8) is 0 Å². The molecule has 1 N–H and O–H groups in total. The van der Waals surface area contributed by atoms with Crippen LogP contribution in [-0.2, 0) is 0 Å². The Bertz CT molecular complexity index is 535. The van der Waals surface area contributed by atoms with Crippen molar-refractivity contribution in [2.75, 3.05) is 0 Å². The Labute approximate surface area is 124 Å². The molecule has 3 aliphatic rings. The molecule has 4 heteroatoms. The SMILES string of the molecule is OC(C1CCCCC1)C1c2cncn2C=CC1[C@H]1C[C@H]1F. The van der Waals surface area contributed by atoms with Gasteiger partial charge in [0.25, 0.3) is 0 Å². The number of imidazole rings is 1. The number of alkyl halides is 1. The van der Waals surface area contributed by atoms with Crippen molar-refractivity contribution in [3.05, 3.63) is 24.3 Å². The van der Waals surface area contributed by atoms with E-state index in [0.29, 0.717) is 12.3 Å². The van der Waals surface area contributed by atoms with Gasteiger partial charge in [0.15, 0.2) is 0 Å². The number of allylic oxidation sites excluding steroid dienone is 1. The Morgan fingerprint density at radius 3 is 2.76 bits per heavy atom. The van der Waals surface area contributed by atoms with Crippen LogP contribution in [0.4, 0.5) is 4.39 Å². The van der Waals surface area contributed by atoms with E-state index in [-0.39, 0.29) is 23.9 Å². The summed E-state index contributed by atoms with van der Waals surface area (Å²) in [5.41, 5.74) is 1.06. The molecule has 3 unspecified atom stereocenters. The fourth-order valence-corrected chi connectivity index (χ4v) is 4.37. The minimum absolute atomic E-state index is 0.00588. The maximum absolute atomic E-state index is 13.6. The lowest BCUT2D eigenvalue weighted by atomic mass is 9.72. The predicted octanol–water partition coefficient (Wildman–Crippen LogP) is 3.37. The van der Waals surface area contributed by atoms with Crippen LogP contribution in [0.1, 0.15) is 50.1 Å². The van der Waals surface area contributed by atoms with Gasteiger partial charge >= 0.3 is 0 Å². The number of hydrogen-bond donors (Lipinski definition) is 1. The standard InChI is InChI=1S/C17H23FN2O/c18-14-8-13(14)12-6-7-20-10-19-9-15(20)16(12)17(21)11-4-2-1-3-5-11/h6-7,9-14,16-17,21H,1-5,8H2/t12?,13-,14-,16?,17?/m1/s1. The molecule has 2 heterocycles. The lowest BCUT2D eigenvalue weighted by molar-refractivity contribution is 0.0408. The van der Waals surface area contributed by atoms with Gasteiger partial charge < -0.3 is 9.67 Å². The third kappa shape index (κ3) is 2.33. The molecule has 1 aliphatic heterocycles. The summed E-state index contributed by atoms with van der Waals surface area (Å²) in [5.74, 6) is 0.582. The van der Waals surface area contributed by atoms with E-state index in [4.69, 9.17) is 0 Å². The number of rotatable bonds is 3. The first-order valence-electron chi connectivity index (χ1n) is 8.28. The predicted molar refractivity (Wildman–Crippen MR) is 79.4 cm³/mol. The van der Waals surface area contributed by atoms with Crippen LogP contribution in [-0.4, -0.2) is 26.9 Å². The number of nitrogens with zero attached hydrogens (tertiary/aromatic N) is 2. The summed E-state index contributed by atoms with van der Waals surface area (Å²) in [6, 6.07) is 0. The number of aliphatic hydroxyl groups excluding tert-OH is 1. The molecule has 0 bridgehead atoms. The summed E-state index contributed by atoms with van der Waals surface area (Å²) in [6.07, 6.45) is 13.2. The Morgan fingerprint density at radius 1 is 1.29 bits per heavy atom. The van der Waals surface area contributed by atoms with Gasteiger partial charge in [-0.25, -0.2) is 9.37 Å². The normalized spacial score (nSPS) is 37.2. The van der Waals surface area contributed by atoms with Crippen LogP contribution in [0.3, 0.4) is 0 Å².